The molecule has 5 heteroatoms. The Hall–Kier alpha value is -0.650. The molecule has 0 fully saturated rings. The zero-order valence-electron chi connectivity index (χ0n) is 10.7. The summed E-state index contributed by atoms with van der Waals surface area (Å²) < 4.78 is 0. The smallest absolute Gasteiger partial charge is 0.235 e. The van der Waals surface area contributed by atoms with Gasteiger partial charge < -0.3 is 21.7 Å². The van der Waals surface area contributed by atoms with E-state index in [2.05, 4.69) is 31.1 Å². The Morgan fingerprint density at radius 1 is 1.38 bits per heavy atom. The predicted molar refractivity (Wildman–Crippen MR) is 67.0 cm³/mol. The molecule has 5 N–H and O–H groups in total. The average molecular weight is 230 g/mol. The highest BCUT2D eigenvalue weighted by Crippen LogP contribution is 1.97. The van der Waals surface area contributed by atoms with E-state index in [1.807, 2.05) is 0 Å². The summed E-state index contributed by atoms with van der Waals surface area (Å²) in [7, 11) is 2.13. The Kier molecular flexibility index (Phi) is 8.15. The normalized spacial score (nSPS) is 13.4. The van der Waals surface area contributed by atoms with E-state index in [0.29, 0.717) is 12.6 Å². The first-order valence-corrected chi connectivity index (χ1v) is 5.91. The molecule has 0 rings (SSSR count). The van der Waals surface area contributed by atoms with Crippen molar-refractivity contribution in [3.63, 3.8) is 0 Å². The first-order valence-electron chi connectivity index (χ1n) is 5.91. The monoisotopic (exact) mass is 230 g/mol. The molecule has 16 heavy (non-hydrogen) atoms. The van der Waals surface area contributed by atoms with Crippen molar-refractivity contribution in [3.8, 4) is 0 Å². The first kappa shape index (κ1) is 15.3. The Morgan fingerprint density at radius 3 is 2.50 bits per heavy atom. The maximum absolute atomic E-state index is 10.6. The number of hydrogen-bond acceptors (Lipinski definition) is 4. The average Bonchev–Trinajstić information content (AvgIpc) is 2.21. The lowest BCUT2D eigenvalue weighted by Crippen LogP contribution is -2.44. The van der Waals surface area contributed by atoms with Gasteiger partial charge in [0.05, 0.1) is 6.04 Å². The van der Waals surface area contributed by atoms with Crippen molar-refractivity contribution in [2.75, 3.05) is 26.7 Å². The molecule has 1 unspecified atom stereocenters. The second-order valence-corrected chi connectivity index (χ2v) is 4.49. The van der Waals surface area contributed by atoms with Crippen molar-refractivity contribution in [2.24, 2.45) is 11.5 Å². The summed E-state index contributed by atoms with van der Waals surface area (Å²) in [5.74, 6) is -0.452. The number of nitrogens with one attached hydrogen (secondary N) is 1. The SMILES string of the molecule is CC(C)N(C)CCCCNCC(N)C(N)=O. The highest BCUT2D eigenvalue weighted by Gasteiger charge is 2.07. The lowest BCUT2D eigenvalue weighted by molar-refractivity contribution is -0.119. The molecule has 5 nitrogen and oxygen atoms in total. The number of carbonyl (C=O) groups is 1. The van der Waals surface area contributed by atoms with Crippen LogP contribution in [0.15, 0.2) is 0 Å². The van der Waals surface area contributed by atoms with Crippen LogP contribution in [0.3, 0.4) is 0 Å². The van der Waals surface area contributed by atoms with Crippen LogP contribution in [0, 0.1) is 0 Å². The topological polar surface area (TPSA) is 84.4 Å². The van der Waals surface area contributed by atoms with E-state index in [1.54, 1.807) is 0 Å². The van der Waals surface area contributed by atoms with Gasteiger partial charge in [0.2, 0.25) is 5.91 Å². The second kappa shape index (κ2) is 8.50. The third-order valence-corrected chi connectivity index (χ3v) is 2.73. The van der Waals surface area contributed by atoms with Crippen LogP contribution < -0.4 is 16.8 Å². The highest BCUT2D eigenvalue weighted by atomic mass is 16.1. The maximum atomic E-state index is 10.6. The molecule has 0 saturated heterocycles. The van der Waals surface area contributed by atoms with Crippen LogP contribution >= 0.6 is 0 Å². The second-order valence-electron chi connectivity index (χ2n) is 4.49. The van der Waals surface area contributed by atoms with E-state index in [-0.39, 0.29) is 0 Å². The minimum atomic E-state index is -0.571. The van der Waals surface area contributed by atoms with Crippen LogP contribution in [-0.2, 0) is 4.79 Å². The van der Waals surface area contributed by atoms with Crippen LogP contribution in [0.2, 0.25) is 0 Å². The maximum Gasteiger partial charge on any atom is 0.235 e. The van der Waals surface area contributed by atoms with Crippen LogP contribution in [0.4, 0.5) is 0 Å². The van der Waals surface area contributed by atoms with Gasteiger partial charge in [-0.25, -0.2) is 0 Å². The molecule has 0 aromatic heterocycles. The molecule has 0 aromatic rings. The number of hydrogen-bond donors (Lipinski definition) is 3. The van der Waals surface area contributed by atoms with Crippen LogP contribution in [0.1, 0.15) is 26.7 Å². The lowest BCUT2D eigenvalue weighted by Gasteiger charge is -2.20. The van der Waals surface area contributed by atoms with Crippen LogP contribution in [-0.4, -0.2) is 49.6 Å². The van der Waals surface area contributed by atoms with E-state index in [9.17, 15) is 4.79 Å². The van der Waals surface area contributed by atoms with Crippen LogP contribution in [0.5, 0.6) is 0 Å². The van der Waals surface area contributed by atoms with Gasteiger partial charge in [0, 0.05) is 12.6 Å². The van der Waals surface area contributed by atoms with Crippen molar-refractivity contribution in [3.05, 3.63) is 0 Å². The van der Waals surface area contributed by atoms with Crippen molar-refractivity contribution >= 4 is 5.91 Å². The molecular weight excluding hydrogens is 204 g/mol. The fourth-order valence-electron chi connectivity index (χ4n) is 1.23. The van der Waals surface area contributed by atoms with Gasteiger partial charge in [0.1, 0.15) is 0 Å². The third-order valence-electron chi connectivity index (χ3n) is 2.73. The molecule has 0 aliphatic heterocycles. The molecule has 0 radical (unpaired) electrons. The van der Waals surface area contributed by atoms with E-state index < -0.39 is 11.9 Å². The molecule has 0 saturated carbocycles. The summed E-state index contributed by atoms with van der Waals surface area (Å²) in [5, 5.41) is 3.13. The Bertz CT molecular complexity index is 196. The summed E-state index contributed by atoms with van der Waals surface area (Å²) in [6, 6.07) is 0.0228. The van der Waals surface area contributed by atoms with E-state index in [0.717, 1.165) is 25.9 Å². The van der Waals surface area contributed by atoms with Crippen molar-refractivity contribution in [2.45, 2.75) is 38.8 Å². The third kappa shape index (κ3) is 7.62. The van der Waals surface area contributed by atoms with E-state index in [4.69, 9.17) is 11.5 Å². The van der Waals surface area contributed by atoms with Crippen molar-refractivity contribution < 1.29 is 4.79 Å². The number of rotatable bonds is 9. The number of nitrogens with two attached hydrogens (primary N) is 2. The minimum absolute atomic E-state index is 0.452. The van der Waals surface area contributed by atoms with Gasteiger partial charge in [-0.3, -0.25) is 4.79 Å². The number of amides is 1. The number of unbranched alkanes of at least 4 members (excludes halogenated alkanes) is 1. The number of carbonyl (C=O) groups excluding carboxylic acids is 1. The number of nitrogens with zero attached hydrogens (tertiary/aromatic N) is 1. The van der Waals surface area contributed by atoms with Gasteiger partial charge in [0.25, 0.3) is 0 Å². The summed E-state index contributed by atoms with van der Waals surface area (Å²) in [4.78, 5) is 12.9. The van der Waals surface area contributed by atoms with Gasteiger partial charge in [-0.05, 0) is 46.8 Å². The lowest BCUT2D eigenvalue weighted by atomic mass is 10.2. The quantitative estimate of drug-likeness (QED) is 0.467. The van der Waals surface area contributed by atoms with Gasteiger partial charge >= 0.3 is 0 Å². The van der Waals surface area contributed by atoms with Gasteiger partial charge in [-0.2, -0.15) is 0 Å². The largest absolute Gasteiger partial charge is 0.368 e. The number of primary amides is 1. The fourth-order valence-corrected chi connectivity index (χ4v) is 1.23. The van der Waals surface area contributed by atoms with Crippen LogP contribution in [0.25, 0.3) is 0 Å². The molecule has 0 aromatic carbocycles. The highest BCUT2D eigenvalue weighted by molar-refractivity contribution is 5.79. The molecule has 0 heterocycles. The van der Waals surface area contributed by atoms with Gasteiger partial charge in [-0.1, -0.05) is 0 Å². The zero-order valence-corrected chi connectivity index (χ0v) is 10.7. The molecule has 0 aliphatic carbocycles. The minimum Gasteiger partial charge on any atom is -0.368 e. The summed E-state index contributed by atoms with van der Waals surface area (Å²) in [6.45, 7) is 6.82. The summed E-state index contributed by atoms with van der Waals surface area (Å²) in [6.07, 6.45) is 2.23. The first-order chi connectivity index (χ1) is 7.45. The molecule has 96 valence electrons. The molecule has 1 atom stereocenters. The summed E-state index contributed by atoms with van der Waals surface area (Å²) >= 11 is 0. The zero-order chi connectivity index (χ0) is 12.6. The Morgan fingerprint density at radius 2 is 2.00 bits per heavy atom. The molecule has 0 aliphatic rings. The fraction of sp³-hybridized carbons (Fsp3) is 0.909. The standard InChI is InChI=1S/C11H26N4O/c1-9(2)15(3)7-5-4-6-14-8-10(12)11(13)16/h9-10,14H,4-8,12H2,1-3H3,(H2,13,16). The van der Waals surface area contributed by atoms with Crippen molar-refractivity contribution in [1.29, 1.82) is 0 Å². The molecule has 0 bridgehead atoms. The van der Waals surface area contributed by atoms with Crippen molar-refractivity contribution in [1.82, 2.24) is 10.2 Å². The summed E-state index contributed by atoms with van der Waals surface area (Å²) in [5.41, 5.74) is 10.5. The Balaban J connectivity index is 3.31. The molecular formula is C11H26N4O. The predicted octanol–water partition coefficient (Wildman–Crippen LogP) is -0.491. The molecule has 1 amide bonds. The van der Waals surface area contributed by atoms with Gasteiger partial charge in [0.15, 0.2) is 0 Å². The Labute approximate surface area is 98.5 Å². The van der Waals surface area contributed by atoms with Gasteiger partial charge in [-0.15, -0.1) is 0 Å². The van der Waals surface area contributed by atoms with E-state index >= 15 is 0 Å². The molecule has 0 spiro atoms. The van der Waals surface area contributed by atoms with E-state index in [1.165, 1.54) is 0 Å².